The lowest BCUT2D eigenvalue weighted by molar-refractivity contribution is -0.122. The van der Waals surface area contributed by atoms with Crippen LogP contribution in [0, 0.1) is 0 Å². The van der Waals surface area contributed by atoms with Gasteiger partial charge in [0.1, 0.15) is 5.75 Å². The highest BCUT2D eigenvalue weighted by Gasteiger charge is 2.24. The third kappa shape index (κ3) is 2.89. The van der Waals surface area contributed by atoms with Crippen LogP contribution >= 0.6 is 0 Å². The minimum atomic E-state index is 0.169. The second-order valence-electron chi connectivity index (χ2n) is 5.29. The first-order valence-electron chi connectivity index (χ1n) is 7.07. The molecule has 2 atom stereocenters. The summed E-state index contributed by atoms with van der Waals surface area (Å²) in [5.41, 5.74) is 1.25. The Morgan fingerprint density at radius 3 is 3.00 bits per heavy atom. The quantitative estimate of drug-likeness (QED) is 0.852. The molecule has 3 rings (SSSR count). The molecule has 4 nitrogen and oxygen atoms in total. The zero-order chi connectivity index (χ0) is 13.1. The lowest BCUT2D eigenvalue weighted by Crippen LogP contribution is -2.46. The van der Waals surface area contributed by atoms with E-state index < -0.39 is 0 Å². The minimum absolute atomic E-state index is 0.169. The van der Waals surface area contributed by atoms with Crippen molar-refractivity contribution in [3.63, 3.8) is 0 Å². The number of benzene rings is 1. The van der Waals surface area contributed by atoms with Gasteiger partial charge in [0.15, 0.2) is 0 Å². The molecule has 2 aliphatic rings. The van der Waals surface area contributed by atoms with Gasteiger partial charge in [-0.3, -0.25) is 4.79 Å². The van der Waals surface area contributed by atoms with Gasteiger partial charge in [0.25, 0.3) is 0 Å². The van der Waals surface area contributed by atoms with Crippen LogP contribution in [0.2, 0.25) is 0 Å². The van der Waals surface area contributed by atoms with Crippen LogP contribution in [0.15, 0.2) is 24.3 Å². The summed E-state index contributed by atoms with van der Waals surface area (Å²) in [6, 6.07) is 8.96. The molecule has 102 valence electrons. The van der Waals surface area contributed by atoms with E-state index in [4.69, 9.17) is 4.74 Å². The van der Waals surface area contributed by atoms with Crippen LogP contribution in [0.5, 0.6) is 5.75 Å². The molecule has 19 heavy (non-hydrogen) atoms. The monoisotopic (exact) mass is 260 g/mol. The molecule has 1 amide bonds. The van der Waals surface area contributed by atoms with Crippen LogP contribution in [-0.2, 0) is 4.79 Å². The summed E-state index contributed by atoms with van der Waals surface area (Å²) in [6.45, 7) is 1.52. The van der Waals surface area contributed by atoms with Crippen molar-refractivity contribution in [3.8, 4) is 5.75 Å². The number of para-hydroxylation sites is 1. The molecule has 4 heteroatoms. The smallest absolute Gasteiger partial charge is 0.220 e. The lowest BCUT2D eigenvalue weighted by atomic mass is 9.99. The van der Waals surface area contributed by atoms with E-state index >= 15 is 0 Å². The number of carbonyl (C=O) groups is 1. The molecule has 1 aromatic carbocycles. The Hall–Kier alpha value is -1.55. The molecule has 2 aliphatic heterocycles. The zero-order valence-corrected chi connectivity index (χ0v) is 11.0. The first-order valence-corrected chi connectivity index (χ1v) is 7.07. The van der Waals surface area contributed by atoms with Gasteiger partial charge in [0, 0.05) is 30.6 Å². The van der Waals surface area contributed by atoms with Crippen LogP contribution in [0.4, 0.5) is 0 Å². The van der Waals surface area contributed by atoms with E-state index in [0.717, 1.165) is 38.2 Å². The molecular formula is C15H20N2O2. The van der Waals surface area contributed by atoms with Crippen LogP contribution in [0.3, 0.4) is 0 Å². The van der Waals surface area contributed by atoms with E-state index in [9.17, 15) is 4.79 Å². The van der Waals surface area contributed by atoms with Crippen molar-refractivity contribution in [1.82, 2.24) is 10.6 Å². The largest absolute Gasteiger partial charge is 0.493 e. The Morgan fingerprint density at radius 1 is 1.26 bits per heavy atom. The number of hydrogen-bond donors (Lipinski definition) is 2. The Morgan fingerprint density at radius 2 is 2.16 bits per heavy atom. The molecule has 0 spiro atoms. The molecule has 1 saturated heterocycles. The number of piperidine rings is 1. The normalized spacial score (nSPS) is 26.8. The number of carbonyl (C=O) groups excluding carboxylic acids is 1. The summed E-state index contributed by atoms with van der Waals surface area (Å²) in [5.74, 6) is 1.17. The van der Waals surface area contributed by atoms with Crippen LogP contribution in [-0.4, -0.2) is 25.1 Å². The highest BCUT2D eigenvalue weighted by molar-refractivity contribution is 5.76. The third-order valence-corrected chi connectivity index (χ3v) is 3.89. The highest BCUT2D eigenvalue weighted by Crippen LogP contribution is 2.31. The average Bonchev–Trinajstić information content (AvgIpc) is 2.64. The molecule has 1 fully saturated rings. The predicted molar refractivity (Wildman–Crippen MR) is 73.1 cm³/mol. The summed E-state index contributed by atoms with van der Waals surface area (Å²) < 4.78 is 5.78. The molecule has 0 saturated carbocycles. The van der Waals surface area contributed by atoms with E-state index in [2.05, 4.69) is 22.8 Å². The second kappa shape index (κ2) is 5.61. The van der Waals surface area contributed by atoms with Crippen LogP contribution < -0.4 is 15.4 Å². The zero-order valence-electron chi connectivity index (χ0n) is 11.0. The molecule has 0 aliphatic carbocycles. The number of rotatable bonds is 2. The maximum Gasteiger partial charge on any atom is 0.220 e. The molecule has 1 aromatic rings. The van der Waals surface area contributed by atoms with Gasteiger partial charge in [-0.1, -0.05) is 18.2 Å². The topological polar surface area (TPSA) is 50.4 Å². The molecule has 0 unspecified atom stereocenters. The second-order valence-corrected chi connectivity index (χ2v) is 5.29. The molecule has 0 bridgehead atoms. The SMILES string of the molecule is O=C1CC[C@@H](N[C@@H]2CCCOc3ccccc32)CN1. The Bertz CT molecular complexity index is 451. The fraction of sp³-hybridized carbons (Fsp3) is 0.533. The van der Waals surface area contributed by atoms with Crippen molar-refractivity contribution >= 4 is 5.91 Å². The van der Waals surface area contributed by atoms with Gasteiger partial charge in [-0.05, 0) is 25.3 Å². The van der Waals surface area contributed by atoms with E-state index in [1.54, 1.807) is 0 Å². The van der Waals surface area contributed by atoms with Crippen LogP contribution in [0.1, 0.15) is 37.3 Å². The van der Waals surface area contributed by atoms with Gasteiger partial charge < -0.3 is 15.4 Å². The Kier molecular flexibility index (Phi) is 3.69. The summed E-state index contributed by atoms with van der Waals surface area (Å²) in [4.78, 5) is 11.2. The number of ether oxygens (including phenoxy) is 1. The fourth-order valence-electron chi connectivity index (χ4n) is 2.86. The van der Waals surface area contributed by atoms with Gasteiger partial charge in [-0.25, -0.2) is 0 Å². The van der Waals surface area contributed by atoms with Crippen molar-refractivity contribution in [2.24, 2.45) is 0 Å². The van der Waals surface area contributed by atoms with E-state index in [1.807, 2.05) is 12.1 Å². The number of amides is 1. The van der Waals surface area contributed by atoms with Gasteiger partial charge in [-0.2, -0.15) is 0 Å². The first-order chi connectivity index (χ1) is 9.33. The third-order valence-electron chi connectivity index (χ3n) is 3.89. The minimum Gasteiger partial charge on any atom is -0.493 e. The molecule has 0 radical (unpaired) electrons. The summed E-state index contributed by atoms with van der Waals surface area (Å²) >= 11 is 0. The van der Waals surface area contributed by atoms with Crippen molar-refractivity contribution in [2.75, 3.05) is 13.2 Å². The highest BCUT2D eigenvalue weighted by atomic mass is 16.5. The number of hydrogen-bond acceptors (Lipinski definition) is 3. The molecule has 0 aromatic heterocycles. The van der Waals surface area contributed by atoms with E-state index in [1.165, 1.54) is 5.56 Å². The summed E-state index contributed by atoms with van der Waals surface area (Å²) in [5, 5.41) is 6.61. The molecular weight excluding hydrogens is 240 g/mol. The van der Waals surface area contributed by atoms with Gasteiger partial charge in [0.2, 0.25) is 5.91 Å². The summed E-state index contributed by atoms with van der Waals surface area (Å²) in [7, 11) is 0. The van der Waals surface area contributed by atoms with Gasteiger partial charge in [0.05, 0.1) is 6.61 Å². The lowest BCUT2D eigenvalue weighted by Gasteiger charge is -2.28. The van der Waals surface area contributed by atoms with Crippen molar-refractivity contribution in [1.29, 1.82) is 0 Å². The average molecular weight is 260 g/mol. The molecule has 2 N–H and O–H groups in total. The molecule has 2 heterocycles. The maximum absolute atomic E-state index is 11.2. The Balaban J connectivity index is 1.72. The number of nitrogens with one attached hydrogen (secondary N) is 2. The van der Waals surface area contributed by atoms with Crippen LogP contribution in [0.25, 0.3) is 0 Å². The van der Waals surface area contributed by atoms with Gasteiger partial charge in [-0.15, -0.1) is 0 Å². The van der Waals surface area contributed by atoms with E-state index in [-0.39, 0.29) is 5.91 Å². The fourth-order valence-corrected chi connectivity index (χ4v) is 2.86. The predicted octanol–water partition coefficient (Wildman–Crippen LogP) is 1.77. The Labute approximate surface area is 113 Å². The summed E-state index contributed by atoms with van der Waals surface area (Å²) in [6.07, 6.45) is 3.70. The van der Waals surface area contributed by atoms with Crippen molar-refractivity contribution < 1.29 is 9.53 Å². The van der Waals surface area contributed by atoms with Crippen molar-refractivity contribution in [3.05, 3.63) is 29.8 Å². The van der Waals surface area contributed by atoms with Crippen molar-refractivity contribution in [2.45, 2.75) is 37.8 Å². The standard InChI is InChI=1S/C15H20N2O2/c18-15-8-7-11(10-16-15)17-13-5-3-9-19-14-6-2-1-4-12(13)14/h1-2,4,6,11,13,17H,3,5,7-10H2,(H,16,18)/t11-,13-/m1/s1. The maximum atomic E-state index is 11.2. The van der Waals surface area contributed by atoms with Gasteiger partial charge >= 0.3 is 0 Å². The van der Waals surface area contributed by atoms with E-state index in [0.29, 0.717) is 18.5 Å². The first kappa shape index (κ1) is 12.5. The number of fused-ring (bicyclic) bond motifs is 1.